The van der Waals surface area contributed by atoms with Crippen molar-refractivity contribution in [2.24, 2.45) is 0 Å². The van der Waals surface area contributed by atoms with Gasteiger partial charge in [-0.05, 0) is 0 Å². The zero-order valence-electron chi connectivity index (χ0n) is 10.1. The number of esters is 1. The first-order chi connectivity index (χ1) is 8.97. The lowest BCUT2D eigenvalue weighted by Gasteiger charge is -2.19. The van der Waals surface area contributed by atoms with E-state index >= 15 is 0 Å². The van der Waals surface area contributed by atoms with Crippen LogP contribution in [0.4, 0.5) is 5.82 Å². The summed E-state index contributed by atoms with van der Waals surface area (Å²) in [6.07, 6.45) is 2.55. The Morgan fingerprint density at radius 2 is 2.00 bits per heavy atom. The second-order valence-electron chi connectivity index (χ2n) is 3.08. The van der Waals surface area contributed by atoms with E-state index in [0.29, 0.717) is 4.47 Å². The summed E-state index contributed by atoms with van der Waals surface area (Å²) in [6, 6.07) is 0. The minimum atomic E-state index is -4.11. The molecule has 1 rings (SSSR count). The number of sulfonamides is 1. The number of aromatic nitrogens is 2. The maximum absolute atomic E-state index is 11.8. The van der Waals surface area contributed by atoms with E-state index in [9.17, 15) is 18.0 Å². The molecule has 0 aliphatic heterocycles. The van der Waals surface area contributed by atoms with Crippen LogP contribution in [-0.2, 0) is 24.4 Å². The van der Waals surface area contributed by atoms with Crippen molar-refractivity contribution in [1.82, 2.24) is 9.97 Å². The minimum absolute atomic E-state index is 0.190. The maximum atomic E-state index is 11.8. The molecule has 0 atom stereocenters. The van der Waals surface area contributed by atoms with E-state index in [1.807, 2.05) is 0 Å². The molecule has 19 heavy (non-hydrogen) atoms. The number of hydrogen-bond acceptors (Lipinski definition) is 8. The van der Waals surface area contributed by atoms with Gasteiger partial charge < -0.3 is 9.53 Å². The molecule has 0 spiro atoms. The molecule has 10 heteroatoms. The van der Waals surface area contributed by atoms with Crippen molar-refractivity contribution in [3.05, 3.63) is 18.1 Å². The fourth-order valence-corrected chi connectivity index (χ4v) is 2.12. The zero-order valence-corrected chi connectivity index (χ0v) is 11.0. The molecule has 0 unspecified atom stereocenters. The van der Waals surface area contributed by atoms with Crippen LogP contribution in [-0.4, -0.2) is 50.6 Å². The van der Waals surface area contributed by atoms with Gasteiger partial charge in [0.05, 0.1) is 14.2 Å². The van der Waals surface area contributed by atoms with Crippen molar-refractivity contribution in [3.8, 4) is 0 Å². The highest BCUT2D eigenvalue weighted by Crippen LogP contribution is 2.19. The molecule has 1 aromatic heterocycles. The molecule has 0 saturated heterocycles. The number of nitrogens with zero attached hydrogens (tertiary/aromatic N) is 3. The lowest BCUT2D eigenvalue weighted by Crippen LogP contribution is -2.34. The number of aldehydes is 1. The van der Waals surface area contributed by atoms with Gasteiger partial charge in [0.2, 0.25) is 5.82 Å². The van der Waals surface area contributed by atoms with Gasteiger partial charge in [-0.3, -0.25) is 4.84 Å². The van der Waals surface area contributed by atoms with Crippen molar-refractivity contribution in [3.63, 3.8) is 0 Å². The molecule has 104 valence electrons. The second kappa shape index (κ2) is 6.20. The van der Waals surface area contributed by atoms with Gasteiger partial charge in [-0.2, -0.15) is 0 Å². The first-order valence-electron chi connectivity index (χ1n) is 4.88. The third-order valence-corrected chi connectivity index (χ3v) is 3.31. The molecule has 9 nitrogen and oxygen atoms in total. The highest BCUT2D eigenvalue weighted by atomic mass is 32.2. The van der Waals surface area contributed by atoms with E-state index < -0.39 is 21.7 Å². The van der Waals surface area contributed by atoms with Crippen molar-refractivity contribution < 1.29 is 27.6 Å². The third-order valence-electron chi connectivity index (χ3n) is 1.93. The Kier molecular flexibility index (Phi) is 4.89. The smallest absolute Gasteiger partial charge is 0.360 e. The molecular formula is C9H11N3O6S. The topological polar surface area (TPSA) is 116 Å². The number of anilines is 1. The first kappa shape index (κ1) is 15.0. The average molecular weight is 289 g/mol. The predicted octanol–water partition coefficient (Wildman–Crippen LogP) is -0.840. The van der Waals surface area contributed by atoms with Gasteiger partial charge in [-0.25, -0.2) is 23.2 Å². The number of hydrogen-bond donors (Lipinski definition) is 0. The lowest BCUT2D eigenvalue weighted by atomic mass is 10.4. The molecule has 0 aromatic carbocycles. The SMILES string of the molecule is COC(=O)c1nccnc1N(OC)S(=O)(=O)CC=O. The fourth-order valence-electron chi connectivity index (χ4n) is 1.19. The molecule has 0 fully saturated rings. The molecule has 0 aliphatic rings. The zero-order chi connectivity index (χ0) is 14.5. The lowest BCUT2D eigenvalue weighted by molar-refractivity contribution is -0.105. The van der Waals surface area contributed by atoms with E-state index in [1.165, 1.54) is 12.4 Å². The number of rotatable bonds is 6. The van der Waals surface area contributed by atoms with Gasteiger partial charge in [0.25, 0.3) is 10.0 Å². The van der Waals surface area contributed by atoms with Crippen LogP contribution in [0.25, 0.3) is 0 Å². The third kappa shape index (κ3) is 3.23. The molecule has 0 saturated carbocycles. The van der Waals surface area contributed by atoms with Gasteiger partial charge in [-0.15, -0.1) is 4.47 Å². The largest absolute Gasteiger partial charge is 0.464 e. The molecule has 1 heterocycles. The Labute approximate surface area is 109 Å². The number of methoxy groups -OCH3 is 1. The number of carbonyl (C=O) groups excluding carboxylic acids is 2. The van der Waals surface area contributed by atoms with Crippen LogP contribution in [0.15, 0.2) is 12.4 Å². The standard InChI is InChI=1S/C9H11N3O6S/c1-17-9(14)7-8(11-4-3-10-7)12(18-2)19(15,16)6-5-13/h3-5H,6H2,1-2H3. The Hall–Kier alpha value is -2.07. The monoisotopic (exact) mass is 289 g/mol. The van der Waals surface area contributed by atoms with Gasteiger partial charge in [-0.1, -0.05) is 0 Å². The van der Waals surface area contributed by atoms with Crippen LogP contribution in [0, 0.1) is 0 Å². The average Bonchev–Trinajstić information content (AvgIpc) is 2.39. The summed E-state index contributed by atoms with van der Waals surface area (Å²) in [7, 11) is -1.94. The Balaban J connectivity index is 3.34. The Morgan fingerprint density at radius 3 is 2.53 bits per heavy atom. The molecule has 0 amide bonds. The van der Waals surface area contributed by atoms with Gasteiger partial charge in [0, 0.05) is 12.4 Å². The van der Waals surface area contributed by atoms with Crippen LogP contribution in [0.1, 0.15) is 10.5 Å². The van der Waals surface area contributed by atoms with Crippen LogP contribution in [0.3, 0.4) is 0 Å². The van der Waals surface area contributed by atoms with Crippen LogP contribution in [0.5, 0.6) is 0 Å². The fraction of sp³-hybridized carbons (Fsp3) is 0.333. The van der Waals surface area contributed by atoms with Crippen molar-refractivity contribution >= 4 is 28.1 Å². The van der Waals surface area contributed by atoms with Crippen molar-refractivity contribution in [2.45, 2.75) is 0 Å². The molecule has 0 radical (unpaired) electrons. The second-order valence-corrected chi connectivity index (χ2v) is 4.90. The molecular weight excluding hydrogens is 278 g/mol. The van der Waals surface area contributed by atoms with Gasteiger partial charge in [0.15, 0.2) is 5.69 Å². The van der Waals surface area contributed by atoms with E-state index in [0.717, 1.165) is 14.2 Å². The Bertz CT molecular complexity index is 573. The summed E-state index contributed by atoms with van der Waals surface area (Å²) >= 11 is 0. The number of ether oxygens (including phenoxy) is 1. The Morgan fingerprint density at radius 1 is 1.37 bits per heavy atom. The van der Waals surface area contributed by atoms with E-state index in [2.05, 4.69) is 19.5 Å². The quantitative estimate of drug-likeness (QED) is 0.378. The maximum Gasteiger partial charge on any atom is 0.360 e. The summed E-state index contributed by atoms with van der Waals surface area (Å²) in [5.74, 6) is -2.08. The number of carbonyl (C=O) groups is 2. The molecule has 0 N–H and O–H groups in total. The molecule has 0 bridgehead atoms. The van der Waals surface area contributed by atoms with Gasteiger partial charge in [0.1, 0.15) is 12.0 Å². The van der Waals surface area contributed by atoms with E-state index in [4.69, 9.17) is 0 Å². The van der Waals surface area contributed by atoms with E-state index in [1.54, 1.807) is 0 Å². The highest BCUT2D eigenvalue weighted by Gasteiger charge is 2.29. The summed E-state index contributed by atoms with van der Waals surface area (Å²) < 4.78 is 28.4. The van der Waals surface area contributed by atoms with Crippen LogP contribution < -0.4 is 4.47 Å². The molecule has 1 aromatic rings. The minimum Gasteiger partial charge on any atom is -0.464 e. The van der Waals surface area contributed by atoms with Crippen molar-refractivity contribution in [1.29, 1.82) is 0 Å². The first-order valence-corrected chi connectivity index (χ1v) is 6.49. The summed E-state index contributed by atoms with van der Waals surface area (Å²) in [6.45, 7) is 0. The van der Waals surface area contributed by atoms with Crippen LogP contribution in [0.2, 0.25) is 0 Å². The summed E-state index contributed by atoms with van der Waals surface area (Å²) in [5, 5.41) is 0. The normalized spacial score (nSPS) is 10.8. The van der Waals surface area contributed by atoms with Crippen LogP contribution >= 0.6 is 0 Å². The predicted molar refractivity (Wildman–Crippen MR) is 62.7 cm³/mol. The molecule has 0 aliphatic carbocycles. The van der Waals surface area contributed by atoms with Crippen molar-refractivity contribution in [2.75, 3.05) is 24.4 Å². The summed E-state index contributed by atoms with van der Waals surface area (Å²) in [5.41, 5.74) is -0.346. The highest BCUT2D eigenvalue weighted by molar-refractivity contribution is 7.93. The summed E-state index contributed by atoms with van der Waals surface area (Å²) in [4.78, 5) is 33.9. The van der Waals surface area contributed by atoms with E-state index in [-0.39, 0.29) is 17.8 Å². The van der Waals surface area contributed by atoms with Gasteiger partial charge >= 0.3 is 5.97 Å².